The van der Waals surface area contributed by atoms with Gasteiger partial charge in [0.15, 0.2) is 0 Å². The summed E-state index contributed by atoms with van der Waals surface area (Å²) in [5.41, 5.74) is 9.35. The second-order valence-electron chi connectivity index (χ2n) is 4.58. The van der Waals surface area contributed by atoms with E-state index >= 15 is 0 Å². The average Bonchev–Trinajstić information content (AvgIpc) is 3.03. The minimum atomic E-state index is 0.689. The molecule has 0 saturated heterocycles. The van der Waals surface area contributed by atoms with Gasteiger partial charge < -0.3 is 10.3 Å². The van der Waals surface area contributed by atoms with Gasteiger partial charge in [-0.1, -0.05) is 12.1 Å². The molecule has 1 aliphatic carbocycles. The minimum Gasteiger partial charge on any atom is -0.330 e. The van der Waals surface area contributed by atoms with Gasteiger partial charge in [-0.05, 0) is 44.4 Å². The predicted molar refractivity (Wildman–Crippen MR) is 65.5 cm³/mol. The highest BCUT2D eigenvalue weighted by Crippen LogP contribution is 2.38. The summed E-state index contributed by atoms with van der Waals surface area (Å²) in [5, 5.41) is 0. The number of fused-ring (bicyclic) bond motifs is 1. The van der Waals surface area contributed by atoms with Crippen molar-refractivity contribution in [3.63, 3.8) is 0 Å². The molecule has 3 rings (SSSR count). The van der Waals surface area contributed by atoms with Crippen LogP contribution >= 0.6 is 0 Å². The third-order valence-corrected chi connectivity index (χ3v) is 3.31. The summed E-state index contributed by atoms with van der Waals surface area (Å²) >= 11 is 0. The molecule has 3 heteroatoms. The normalized spacial score (nSPS) is 15.9. The molecule has 2 N–H and O–H groups in total. The lowest BCUT2D eigenvalue weighted by atomic mass is 10.1. The Balaban J connectivity index is 2.21. The predicted octanol–water partition coefficient (Wildman–Crippen LogP) is 2.18. The second-order valence-corrected chi connectivity index (χ2v) is 4.58. The van der Waals surface area contributed by atoms with Gasteiger partial charge in [0.05, 0.1) is 11.0 Å². The first-order valence-corrected chi connectivity index (χ1v) is 5.97. The molecule has 84 valence electrons. The summed E-state index contributed by atoms with van der Waals surface area (Å²) in [6.45, 7) is 2.79. The van der Waals surface area contributed by atoms with Crippen LogP contribution in [0.15, 0.2) is 18.2 Å². The Bertz CT molecular complexity index is 523. The molecular formula is C13H17N3. The lowest BCUT2D eigenvalue weighted by Gasteiger charge is -2.04. The Hall–Kier alpha value is -1.35. The fourth-order valence-corrected chi connectivity index (χ4v) is 2.44. The molecule has 1 saturated carbocycles. The molecule has 1 heterocycles. The number of hydrogen-bond acceptors (Lipinski definition) is 2. The molecule has 0 radical (unpaired) electrons. The van der Waals surface area contributed by atoms with Crippen LogP contribution in [0.4, 0.5) is 0 Å². The van der Waals surface area contributed by atoms with Crippen molar-refractivity contribution in [2.45, 2.75) is 32.2 Å². The maximum atomic E-state index is 5.63. The summed E-state index contributed by atoms with van der Waals surface area (Å²) in [6, 6.07) is 7.12. The number of nitrogens with zero attached hydrogens (tertiary/aromatic N) is 2. The zero-order chi connectivity index (χ0) is 11.1. The van der Waals surface area contributed by atoms with Gasteiger partial charge in [-0.2, -0.15) is 0 Å². The maximum absolute atomic E-state index is 5.63. The first kappa shape index (κ1) is 9.85. The van der Waals surface area contributed by atoms with E-state index in [1.807, 2.05) is 0 Å². The molecule has 0 aliphatic heterocycles. The summed E-state index contributed by atoms with van der Waals surface area (Å²) < 4.78 is 2.38. The molecule has 2 aromatic rings. The highest BCUT2D eigenvalue weighted by Gasteiger charge is 2.27. The minimum absolute atomic E-state index is 0.689. The average molecular weight is 215 g/mol. The van der Waals surface area contributed by atoms with Gasteiger partial charge in [0.25, 0.3) is 0 Å². The highest BCUT2D eigenvalue weighted by molar-refractivity contribution is 5.80. The number of benzene rings is 1. The fraction of sp³-hybridized carbons (Fsp3) is 0.462. The van der Waals surface area contributed by atoms with E-state index in [2.05, 4.69) is 29.7 Å². The topological polar surface area (TPSA) is 43.8 Å². The number of para-hydroxylation sites is 1. The van der Waals surface area contributed by atoms with Crippen LogP contribution in [0.5, 0.6) is 0 Å². The lowest BCUT2D eigenvalue weighted by molar-refractivity contribution is 0.734. The van der Waals surface area contributed by atoms with Gasteiger partial charge >= 0.3 is 0 Å². The van der Waals surface area contributed by atoms with Gasteiger partial charge in [-0.3, -0.25) is 0 Å². The molecule has 3 nitrogen and oxygen atoms in total. The molecule has 16 heavy (non-hydrogen) atoms. The molecule has 1 fully saturated rings. The molecule has 0 amide bonds. The van der Waals surface area contributed by atoms with Gasteiger partial charge in [0, 0.05) is 6.04 Å². The Kier molecular flexibility index (Phi) is 2.21. The van der Waals surface area contributed by atoms with E-state index in [-0.39, 0.29) is 0 Å². The van der Waals surface area contributed by atoms with E-state index in [0.717, 1.165) is 17.8 Å². The number of rotatable bonds is 3. The fourth-order valence-electron chi connectivity index (χ4n) is 2.44. The van der Waals surface area contributed by atoms with E-state index in [0.29, 0.717) is 12.6 Å². The molecule has 1 aromatic heterocycles. The molecule has 0 spiro atoms. The molecule has 1 aromatic carbocycles. The highest BCUT2D eigenvalue weighted by atomic mass is 15.1. The van der Waals surface area contributed by atoms with Gasteiger partial charge in [0.2, 0.25) is 0 Å². The van der Waals surface area contributed by atoms with Crippen molar-refractivity contribution in [1.82, 2.24) is 9.55 Å². The zero-order valence-corrected chi connectivity index (χ0v) is 9.61. The van der Waals surface area contributed by atoms with Crippen LogP contribution in [-0.2, 0) is 6.42 Å². The first-order valence-electron chi connectivity index (χ1n) is 5.97. The zero-order valence-electron chi connectivity index (χ0n) is 9.61. The maximum Gasteiger partial charge on any atom is 0.106 e. The summed E-state index contributed by atoms with van der Waals surface area (Å²) in [6.07, 6.45) is 3.51. The van der Waals surface area contributed by atoms with Crippen molar-refractivity contribution >= 4 is 11.0 Å². The van der Waals surface area contributed by atoms with Crippen molar-refractivity contribution in [1.29, 1.82) is 0 Å². The van der Waals surface area contributed by atoms with Crippen LogP contribution in [0.2, 0.25) is 0 Å². The monoisotopic (exact) mass is 215 g/mol. The van der Waals surface area contributed by atoms with Crippen molar-refractivity contribution in [2.24, 2.45) is 5.73 Å². The molecule has 1 aliphatic rings. The Labute approximate surface area is 95.3 Å². The Morgan fingerprint density at radius 1 is 1.44 bits per heavy atom. The van der Waals surface area contributed by atoms with E-state index in [9.17, 15) is 0 Å². The van der Waals surface area contributed by atoms with Crippen LogP contribution in [0.1, 0.15) is 30.3 Å². The van der Waals surface area contributed by atoms with Crippen LogP contribution in [0, 0.1) is 6.92 Å². The second kappa shape index (κ2) is 3.59. The number of imidazole rings is 1. The third kappa shape index (κ3) is 1.43. The van der Waals surface area contributed by atoms with Crippen molar-refractivity contribution in [3.05, 3.63) is 29.6 Å². The van der Waals surface area contributed by atoms with E-state index in [1.54, 1.807) is 0 Å². The summed E-state index contributed by atoms with van der Waals surface area (Å²) in [5.74, 6) is 1.14. The quantitative estimate of drug-likeness (QED) is 0.852. The van der Waals surface area contributed by atoms with Crippen LogP contribution in [0.3, 0.4) is 0 Å². The van der Waals surface area contributed by atoms with E-state index < -0.39 is 0 Å². The molecule has 0 atom stereocenters. The SMILES string of the molecule is Cc1nc2c(CCN)cccc2n1C1CC1. The van der Waals surface area contributed by atoms with Gasteiger partial charge in [0.1, 0.15) is 5.82 Å². The van der Waals surface area contributed by atoms with Crippen LogP contribution in [-0.4, -0.2) is 16.1 Å². The van der Waals surface area contributed by atoms with Gasteiger partial charge in [-0.15, -0.1) is 0 Å². The summed E-state index contributed by atoms with van der Waals surface area (Å²) in [4.78, 5) is 4.70. The standard InChI is InChI=1S/C13H17N3/c1-9-15-13-10(7-8-14)3-2-4-12(13)16(9)11-5-6-11/h2-4,11H,5-8,14H2,1H3. The Morgan fingerprint density at radius 2 is 2.25 bits per heavy atom. The number of aryl methyl sites for hydroxylation is 1. The van der Waals surface area contributed by atoms with E-state index in [1.165, 1.54) is 23.9 Å². The van der Waals surface area contributed by atoms with Crippen molar-refractivity contribution < 1.29 is 0 Å². The molecule has 0 bridgehead atoms. The smallest absolute Gasteiger partial charge is 0.106 e. The van der Waals surface area contributed by atoms with Crippen molar-refractivity contribution in [2.75, 3.05) is 6.54 Å². The Morgan fingerprint density at radius 3 is 2.94 bits per heavy atom. The van der Waals surface area contributed by atoms with Crippen molar-refractivity contribution in [3.8, 4) is 0 Å². The van der Waals surface area contributed by atoms with E-state index in [4.69, 9.17) is 10.7 Å². The molecular weight excluding hydrogens is 198 g/mol. The third-order valence-electron chi connectivity index (χ3n) is 3.31. The first-order chi connectivity index (χ1) is 7.81. The van der Waals surface area contributed by atoms with Crippen LogP contribution < -0.4 is 5.73 Å². The summed E-state index contributed by atoms with van der Waals surface area (Å²) in [7, 11) is 0. The van der Waals surface area contributed by atoms with Crippen LogP contribution in [0.25, 0.3) is 11.0 Å². The number of hydrogen-bond donors (Lipinski definition) is 1. The van der Waals surface area contributed by atoms with Gasteiger partial charge in [-0.25, -0.2) is 4.98 Å². The number of nitrogens with two attached hydrogens (primary N) is 1. The lowest BCUT2D eigenvalue weighted by Crippen LogP contribution is -2.03. The molecule has 0 unspecified atom stereocenters. The number of aromatic nitrogens is 2. The largest absolute Gasteiger partial charge is 0.330 e.